The minimum atomic E-state index is -0.103. The fourth-order valence-corrected chi connectivity index (χ4v) is 3.71. The van der Waals surface area contributed by atoms with Gasteiger partial charge in [0, 0.05) is 25.3 Å². The second kappa shape index (κ2) is 5.80. The predicted molar refractivity (Wildman–Crippen MR) is 82.3 cm³/mol. The van der Waals surface area contributed by atoms with Gasteiger partial charge < -0.3 is 10.2 Å². The Hall–Kier alpha value is -1.60. The molecule has 0 spiro atoms. The van der Waals surface area contributed by atoms with Crippen molar-refractivity contribution in [2.24, 2.45) is 0 Å². The number of para-hydroxylation sites is 1. The molecule has 3 rings (SSSR count). The average Bonchev–Trinajstić information content (AvgIpc) is 3.01. The molecule has 104 valence electrons. The highest BCUT2D eigenvalue weighted by atomic mass is 32.2. The Morgan fingerprint density at radius 3 is 3.00 bits per heavy atom. The van der Waals surface area contributed by atoms with Gasteiger partial charge in [0.2, 0.25) is 5.91 Å². The van der Waals surface area contributed by atoms with E-state index in [-0.39, 0.29) is 11.1 Å². The van der Waals surface area contributed by atoms with Gasteiger partial charge in [-0.1, -0.05) is 35.2 Å². The van der Waals surface area contributed by atoms with Gasteiger partial charge in [0.1, 0.15) is 0 Å². The van der Waals surface area contributed by atoms with Crippen molar-refractivity contribution in [3.05, 3.63) is 24.3 Å². The van der Waals surface area contributed by atoms with Crippen molar-refractivity contribution < 1.29 is 9.59 Å². The first-order chi connectivity index (χ1) is 9.72. The lowest BCUT2D eigenvalue weighted by molar-refractivity contribution is -0.116. The molecule has 1 aliphatic heterocycles. The maximum absolute atomic E-state index is 11.9. The highest BCUT2D eigenvalue weighted by molar-refractivity contribution is 8.13. The number of thiazole rings is 1. The molecule has 20 heavy (non-hydrogen) atoms. The summed E-state index contributed by atoms with van der Waals surface area (Å²) in [4.78, 5) is 29.3. The van der Waals surface area contributed by atoms with Crippen molar-refractivity contribution >= 4 is 49.6 Å². The summed E-state index contributed by atoms with van der Waals surface area (Å²) in [5, 5.41) is 3.47. The van der Waals surface area contributed by atoms with Gasteiger partial charge in [-0.15, -0.1) is 0 Å². The molecular formula is C13H13N3O2S2. The van der Waals surface area contributed by atoms with Gasteiger partial charge >= 0.3 is 0 Å². The molecule has 5 nitrogen and oxygen atoms in total. The molecule has 0 bridgehead atoms. The van der Waals surface area contributed by atoms with Crippen LogP contribution in [0.1, 0.15) is 6.42 Å². The van der Waals surface area contributed by atoms with Crippen LogP contribution >= 0.6 is 23.1 Å². The van der Waals surface area contributed by atoms with E-state index < -0.39 is 0 Å². The summed E-state index contributed by atoms with van der Waals surface area (Å²) in [6.07, 6.45) is 0.308. The molecule has 0 unspecified atom stereocenters. The van der Waals surface area contributed by atoms with E-state index in [1.807, 2.05) is 24.3 Å². The quantitative estimate of drug-likeness (QED) is 0.943. The molecule has 0 atom stereocenters. The Kier molecular flexibility index (Phi) is 3.88. The molecule has 0 aliphatic carbocycles. The van der Waals surface area contributed by atoms with E-state index in [1.165, 1.54) is 23.1 Å². The molecule has 2 heterocycles. The van der Waals surface area contributed by atoms with Gasteiger partial charge in [0.05, 0.1) is 10.2 Å². The van der Waals surface area contributed by atoms with E-state index in [4.69, 9.17) is 0 Å². The summed E-state index contributed by atoms with van der Waals surface area (Å²) in [6.45, 7) is 1.21. The van der Waals surface area contributed by atoms with Crippen LogP contribution in [-0.2, 0) is 4.79 Å². The zero-order chi connectivity index (χ0) is 13.9. The number of benzene rings is 1. The number of nitrogens with zero attached hydrogens (tertiary/aromatic N) is 2. The third kappa shape index (κ3) is 2.94. The molecule has 7 heteroatoms. The third-order valence-corrected chi connectivity index (χ3v) is 4.84. The Morgan fingerprint density at radius 2 is 2.25 bits per heavy atom. The second-order valence-corrected chi connectivity index (χ2v) is 6.46. The van der Waals surface area contributed by atoms with Crippen LogP contribution in [0.3, 0.4) is 0 Å². The third-order valence-electron chi connectivity index (χ3n) is 2.99. The summed E-state index contributed by atoms with van der Waals surface area (Å²) in [7, 11) is 0. The number of thioether (sulfide) groups is 1. The van der Waals surface area contributed by atoms with E-state index in [0.717, 1.165) is 22.5 Å². The monoisotopic (exact) mass is 307 g/mol. The average molecular weight is 307 g/mol. The van der Waals surface area contributed by atoms with Gasteiger partial charge in [-0.05, 0) is 12.1 Å². The van der Waals surface area contributed by atoms with E-state index in [2.05, 4.69) is 10.3 Å². The summed E-state index contributed by atoms with van der Waals surface area (Å²) in [6, 6.07) is 7.76. The maximum atomic E-state index is 11.9. The van der Waals surface area contributed by atoms with Crippen molar-refractivity contribution in [1.29, 1.82) is 0 Å². The van der Waals surface area contributed by atoms with Crippen LogP contribution in [0.2, 0.25) is 0 Å². The molecule has 1 fully saturated rings. The van der Waals surface area contributed by atoms with Crippen LogP contribution in [0, 0.1) is 0 Å². The number of nitrogens with one attached hydrogen (secondary N) is 1. The van der Waals surface area contributed by atoms with E-state index in [0.29, 0.717) is 18.1 Å². The minimum Gasteiger partial charge on any atom is -0.332 e. The second-order valence-electron chi connectivity index (χ2n) is 4.39. The minimum absolute atomic E-state index is 0.0674. The first kappa shape index (κ1) is 13.4. The van der Waals surface area contributed by atoms with Gasteiger partial charge in [0.15, 0.2) is 5.13 Å². The summed E-state index contributed by atoms with van der Waals surface area (Å²) < 4.78 is 1.05. The van der Waals surface area contributed by atoms with Crippen LogP contribution in [0.15, 0.2) is 24.3 Å². The van der Waals surface area contributed by atoms with Crippen LogP contribution in [0.4, 0.5) is 9.93 Å². The van der Waals surface area contributed by atoms with E-state index in [9.17, 15) is 9.59 Å². The number of rotatable bonds is 4. The molecule has 0 saturated carbocycles. The number of fused-ring (bicyclic) bond motifs is 1. The topological polar surface area (TPSA) is 62.3 Å². The van der Waals surface area contributed by atoms with Crippen molar-refractivity contribution in [2.45, 2.75) is 6.42 Å². The van der Waals surface area contributed by atoms with Gasteiger partial charge in [0.25, 0.3) is 5.24 Å². The lowest BCUT2D eigenvalue weighted by Gasteiger charge is -2.13. The van der Waals surface area contributed by atoms with E-state index >= 15 is 0 Å². The van der Waals surface area contributed by atoms with E-state index in [1.54, 1.807) is 4.90 Å². The van der Waals surface area contributed by atoms with Crippen molar-refractivity contribution in [3.8, 4) is 0 Å². The maximum Gasteiger partial charge on any atom is 0.281 e. The fraction of sp³-hybridized carbons (Fsp3) is 0.308. The van der Waals surface area contributed by atoms with Crippen molar-refractivity contribution in [2.75, 3.05) is 24.2 Å². The number of amides is 2. The number of hydrogen-bond donors (Lipinski definition) is 1. The fourth-order valence-electron chi connectivity index (χ4n) is 1.97. The largest absolute Gasteiger partial charge is 0.332 e. The first-order valence-corrected chi connectivity index (χ1v) is 8.10. The van der Waals surface area contributed by atoms with Crippen molar-refractivity contribution in [3.63, 3.8) is 0 Å². The molecule has 1 aliphatic rings. The van der Waals surface area contributed by atoms with Gasteiger partial charge in [-0.25, -0.2) is 4.98 Å². The number of aromatic nitrogens is 1. The Bertz CT molecular complexity index is 623. The SMILES string of the molecule is O=C(CCN1CCSC1=O)Nc1nc2ccccc2s1. The van der Waals surface area contributed by atoms with Crippen LogP contribution in [0.25, 0.3) is 10.2 Å². The highest BCUT2D eigenvalue weighted by Crippen LogP contribution is 2.25. The molecule has 2 aromatic rings. The molecular weight excluding hydrogens is 294 g/mol. The summed E-state index contributed by atoms with van der Waals surface area (Å²) >= 11 is 2.77. The summed E-state index contributed by atoms with van der Waals surface area (Å²) in [5.74, 6) is 0.715. The van der Waals surface area contributed by atoms with Gasteiger partial charge in [-0.3, -0.25) is 9.59 Å². The molecule has 1 N–H and O–H groups in total. The number of hydrogen-bond acceptors (Lipinski definition) is 5. The number of carbonyl (C=O) groups is 2. The lowest BCUT2D eigenvalue weighted by Crippen LogP contribution is -2.27. The first-order valence-electron chi connectivity index (χ1n) is 6.29. The zero-order valence-corrected chi connectivity index (χ0v) is 12.3. The highest BCUT2D eigenvalue weighted by Gasteiger charge is 2.21. The Labute approximate surface area is 124 Å². The van der Waals surface area contributed by atoms with Crippen molar-refractivity contribution in [1.82, 2.24) is 9.88 Å². The zero-order valence-electron chi connectivity index (χ0n) is 10.7. The molecule has 1 aromatic carbocycles. The van der Waals surface area contributed by atoms with Crippen LogP contribution in [-0.4, -0.2) is 39.9 Å². The normalized spacial score (nSPS) is 15.0. The van der Waals surface area contributed by atoms with Crippen LogP contribution < -0.4 is 5.32 Å². The Balaban J connectivity index is 1.57. The molecule has 1 saturated heterocycles. The number of anilines is 1. The van der Waals surface area contributed by atoms with Crippen LogP contribution in [0.5, 0.6) is 0 Å². The lowest BCUT2D eigenvalue weighted by atomic mass is 10.3. The standard InChI is InChI=1S/C13H13N3O2S2/c17-11(5-6-16-7-8-19-13(16)18)15-12-14-9-3-1-2-4-10(9)20-12/h1-4H,5-8H2,(H,14,15,17). The Morgan fingerprint density at radius 1 is 1.40 bits per heavy atom. The predicted octanol–water partition coefficient (Wildman–Crippen LogP) is 2.79. The summed E-state index contributed by atoms with van der Waals surface area (Å²) in [5.41, 5.74) is 0.888. The molecule has 2 amide bonds. The van der Waals surface area contributed by atoms with Gasteiger partial charge in [-0.2, -0.15) is 0 Å². The molecule has 0 radical (unpaired) electrons. The number of carbonyl (C=O) groups excluding carboxylic acids is 2. The smallest absolute Gasteiger partial charge is 0.281 e. The molecule has 1 aromatic heterocycles.